The van der Waals surface area contributed by atoms with E-state index in [1.807, 2.05) is 13.8 Å². The second kappa shape index (κ2) is 4.72. The molecule has 8 heteroatoms. The molecule has 2 aromatic rings. The Labute approximate surface area is 120 Å². The van der Waals surface area contributed by atoms with Crippen molar-refractivity contribution >= 4 is 17.6 Å². The van der Waals surface area contributed by atoms with Crippen LogP contribution in [-0.4, -0.2) is 32.9 Å². The molecule has 3 amide bonds. The van der Waals surface area contributed by atoms with Crippen molar-refractivity contribution in [2.45, 2.75) is 33.4 Å². The summed E-state index contributed by atoms with van der Waals surface area (Å²) in [6, 6.07) is -0.937. The number of aryl methyl sites for hydroxylation is 2. The van der Waals surface area contributed by atoms with E-state index in [1.54, 1.807) is 17.8 Å². The molecular formula is C13H15N5O3. The van der Waals surface area contributed by atoms with Crippen LogP contribution >= 0.6 is 0 Å². The summed E-state index contributed by atoms with van der Waals surface area (Å²) in [6.07, 6.45) is 3.15. The Morgan fingerprint density at radius 3 is 2.71 bits per heavy atom. The van der Waals surface area contributed by atoms with Crippen molar-refractivity contribution in [2.24, 2.45) is 0 Å². The zero-order chi connectivity index (χ0) is 15.1. The van der Waals surface area contributed by atoms with Gasteiger partial charge in [-0.3, -0.25) is 9.48 Å². The molecule has 1 aliphatic rings. The number of anilines is 1. The molecule has 110 valence electrons. The van der Waals surface area contributed by atoms with Crippen LogP contribution < -0.4 is 10.2 Å². The molecule has 2 aromatic heterocycles. The second-order valence-corrected chi connectivity index (χ2v) is 5.04. The fraction of sp³-hybridized carbons (Fsp3) is 0.385. The first-order valence-electron chi connectivity index (χ1n) is 6.56. The Balaban J connectivity index is 1.84. The number of amides is 3. The monoisotopic (exact) mass is 289 g/mol. The Morgan fingerprint density at radius 1 is 1.38 bits per heavy atom. The van der Waals surface area contributed by atoms with Crippen molar-refractivity contribution in [3.05, 3.63) is 29.4 Å². The van der Waals surface area contributed by atoms with Crippen molar-refractivity contribution in [2.75, 3.05) is 4.90 Å². The molecule has 0 bridgehead atoms. The van der Waals surface area contributed by atoms with E-state index in [1.165, 1.54) is 6.20 Å². The molecular weight excluding hydrogens is 274 g/mol. The van der Waals surface area contributed by atoms with Gasteiger partial charge in [-0.05, 0) is 20.8 Å². The van der Waals surface area contributed by atoms with Gasteiger partial charge in [-0.1, -0.05) is 5.16 Å². The Bertz CT molecular complexity index is 698. The smallest absolute Gasteiger partial charge is 0.329 e. The van der Waals surface area contributed by atoms with Crippen LogP contribution in [0.2, 0.25) is 0 Å². The number of carbonyl (C=O) groups is 2. The lowest BCUT2D eigenvalue weighted by molar-refractivity contribution is -0.117. The minimum atomic E-state index is -0.511. The summed E-state index contributed by atoms with van der Waals surface area (Å²) in [6.45, 7) is 5.81. The average molecular weight is 289 g/mol. The Hall–Kier alpha value is -2.64. The third-order valence-electron chi connectivity index (χ3n) is 3.51. The molecule has 0 aromatic carbocycles. The van der Waals surface area contributed by atoms with Gasteiger partial charge in [0.15, 0.2) is 0 Å². The molecule has 0 aliphatic carbocycles. The summed E-state index contributed by atoms with van der Waals surface area (Å²) in [5, 5.41) is 10.6. The maximum atomic E-state index is 11.9. The van der Waals surface area contributed by atoms with Crippen LogP contribution in [0.1, 0.15) is 23.9 Å². The molecule has 1 saturated heterocycles. The van der Waals surface area contributed by atoms with E-state index < -0.39 is 12.1 Å². The summed E-state index contributed by atoms with van der Waals surface area (Å²) < 4.78 is 6.75. The van der Waals surface area contributed by atoms with Crippen molar-refractivity contribution < 1.29 is 14.1 Å². The zero-order valence-corrected chi connectivity index (χ0v) is 12.0. The van der Waals surface area contributed by atoms with Crippen LogP contribution in [0.4, 0.5) is 10.5 Å². The first kappa shape index (κ1) is 13.3. The Kier molecular flexibility index (Phi) is 3.00. The van der Waals surface area contributed by atoms with E-state index in [9.17, 15) is 9.59 Å². The molecule has 1 N–H and O–H groups in total. The second-order valence-electron chi connectivity index (χ2n) is 5.04. The molecule has 0 radical (unpaired) electrons. The summed E-state index contributed by atoms with van der Waals surface area (Å²) in [5.74, 6) is 0.449. The van der Waals surface area contributed by atoms with Gasteiger partial charge in [0.25, 0.3) is 5.91 Å². The minimum absolute atomic E-state index is 0.281. The van der Waals surface area contributed by atoms with E-state index in [0.29, 0.717) is 12.2 Å². The van der Waals surface area contributed by atoms with E-state index >= 15 is 0 Å². The van der Waals surface area contributed by atoms with Crippen LogP contribution in [0, 0.1) is 13.8 Å². The lowest BCUT2D eigenvalue weighted by atomic mass is 10.2. The molecule has 1 aliphatic heterocycles. The van der Waals surface area contributed by atoms with E-state index in [2.05, 4.69) is 15.6 Å². The van der Waals surface area contributed by atoms with Crippen molar-refractivity contribution in [1.29, 1.82) is 0 Å². The maximum absolute atomic E-state index is 11.9. The summed E-state index contributed by atoms with van der Waals surface area (Å²) in [4.78, 5) is 24.8. The van der Waals surface area contributed by atoms with Crippen LogP contribution in [0.5, 0.6) is 0 Å². The number of urea groups is 1. The maximum Gasteiger partial charge on any atom is 0.329 e. The first-order valence-corrected chi connectivity index (χ1v) is 6.56. The Morgan fingerprint density at radius 2 is 2.14 bits per heavy atom. The molecule has 21 heavy (non-hydrogen) atoms. The number of hydrogen-bond donors (Lipinski definition) is 1. The van der Waals surface area contributed by atoms with Gasteiger partial charge in [-0.25, -0.2) is 9.69 Å². The fourth-order valence-electron chi connectivity index (χ4n) is 2.29. The minimum Gasteiger partial charge on any atom is -0.361 e. The van der Waals surface area contributed by atoms with Gasteiger partial charge in [0.05, 0.1) is 24.1 Å². The van der Waals surface area contributed by atoms with Gasteiger partial charge in [-0.2, -0.15) is 5.10 Å². The molecule has 1 unspecified atom stereocenters. The largest absolute Gasteiger partial charge is 0.361 e. The molecule has 8 nitrogen and oxygen atoms in total. The van der Waals surface area contributed by atoms with E-state index in [4.69, 9.17) is 4.52 Å². The third-order valence-corrected chi connectivity index (χ3v) is 3.51. The van der Waals surface area contributed by atoms with Crippen molar-refractivity contribution in [3.8, 4) is 0 Å². The summed E-state index contributed by atoms with van der Waals surface area (Å²) >= 11 is 0. The van der Waals surface area contributed by atoms with Gasteiger partial charge in [-0.15, -0.1) is 0 Å². The van der Waals surface area contributed by atoms with E-state index in [0.717, 1.165) is 21.9 Å². The predicted octanol–water partition coefficient (Wildman–Crippen LogP) is 0.981. The molecule has 3 rings (SSSR count). The van der Waals surface area contributed by atoms with Crippen LogP contribution in [0.15, 0.2) is 16.9 Å². The van der Waals surface area contributed by atoms with E-state index in [-0.39, 0.29) is 5.91 Å². The standard InChI is InChI=1S/C13H15N5O3/c1-7-11(9(3)21-16-7)6-17-5-10(4-14-17)18-12(19)8(2)15-13(18)20/h4-5,8H,6H2,1-3H3,(H,15,20). The summed E-state index contributed by atoms with van der Waals surface area (Å²) in [5.41, 5.74) is 2.19. The number of carbonyl (C=O) groups excluding carboxylic acids is 2. The van der Waals surface area contributed by atoms with Crippen LogP contribution in [-0.2, 0) is 11.3 Å². The first-order chi connectivity index (χ1) is 9.97. The molecule has 0 saturated carbocycles. The van der Waals surface area contributed by atoms with Gasteiger partial charge in [0, 0.05) is 11.8 Å². The van der Waals surface area contributed by atoms with Crippen LogP contribution in [0.3, 0.4) is 0 Å². The van der Waals surface area contributed by atoms with Gasteiger partial charge in [0.1, 0.15) is 11.8 Å². The molecule has 0 spiro atoms. The number of aromatic nitrogens is 3. The molecule has 1 atom stereocenters. The number of imide groups is 1. The lowest BCUT2D eigenvalue weighted by Crippen LogP contribution is -2.30. The molecule has 1 fully saturated rings. The number of nitrogens with one attached hydrogen (secondary N) is 1. The quantitative estimate of drug-likeness (QED) is 0.850. The number of hydrogen-bond acceptors (Lipinski definition) is 5. The average Bonchev–Trinajstić information content (AvgIpc) is 3.07. The normalized spacial score (nSPS) is 18.4. The highest BCUT2D eigenvalue weighted by molar-refractivity contribution is 6.21. The summed E-state index contributed by atoms with van der Waals surface area (Å²) in [7, 11) is 0. The predicted molar refractivity (Wildman–Crippen MR) is 72.8 cm³/mol. The van der Waals surface area contributed by atoms with Crippen molar-refractivity contribution in [3.63, 3.8) is 0 Å². The zero-order valence-electron chi connectivity index (χ0n) is 12.0. The topological polar surface area (TPSA) is 93.3 Å². The fourth-order valence-corrected chi connectivity index (χ4v) is 2.29. The van der Waals surface area contributed by atoms with Gasteiger partial charge in [0.2, 0.25) is 0 Å². The number of nitrogens with zero attached hydrogens (tertiary/aromatic N) is 4. The van der Waals surface area contributed by atoms with Crippen molar-refractivity contribution in [1.82, 2.24) is 20.3 Å². The van der Waals surface area contributed by atoms with Crippen LogP contribution in [0.25, 0.3) is 0 Å². The number of rotatable bonds is 3. The highest BCUT2D eigenvalue weighted by Crippen LogP contribution is 2.20. The van der Waals surface area contributed by atoms with Gasteiger partial charge >= 0.3 is 6.03 Å². The lowest BCUT2D eigenvalue weighted by Gasteiger charge is -2.08. The molecule has 3 heterocycles. The SMILES string of the molecule is Cc1noc(C)c1Cn1cc(N2C(=O)NC(C)C2=O)cn1. The highest BCUT2D eigenvalue weighted by Gasteiger charge is 2.36. The van der Waals surface area contributed by atoms with Gasteiger partial charge < -0.3 is 9.84 Å². The highest BCUT2D eigenvalue weighted by atomic mass is 16.5. The third kappa shape index (κ3) is 2.18.